The van der Waals surface area contributed by atoms with E-state index >= 15 is 0 Å². The first-order valence-corrected chi connectivity index (χ1v) is 12.3. The van der Waals surface area contributed by atoms with Crippen LogP contribution < -0.4 is 16.0 Å². The quantitative estimate of drug-likeness (QED) is 0.553. The number of hydrogen-bond acceptors (Lipinski definition) is 5. The molecule has 1 aliphatic carbocycles. The van der Waals surface area contributed by atoms with Gasteiger partial charge in [0.05, 0.1) is 5.41 Å². The molecule has 0 atom stereocenters. The third kappa shape index (κ3) is 4.60. The molecule has 2 aliphatic heterocycles. The third-order valence-corrected chi connectivity index (χ3v) is 7.50. The lowest BCUT2D eigenvalue weighted by molar-refractivity contribution is -0.124. The number of anilines is 2. The van der Waals surface area contributed by atoms with Gasteiger partial charge in [0.2, 0.25) is 5.91 Å². The van der Waals surface area contributed by atoms with E-state index in [1.807, 2.05) is 18.2 Å². The number of nitrogens with one attached hydrogen (secondary N) is 3. The van der Waals surface area contributed by atoms with Gasteiger partial charge in [-0.3, -0.25) is 19.1 Å². The Balaban J connectivity index is 1.34. The minimum Gasteiger partial charge on any atom is -0.381 e. The summed E-state index contributed by atoms with van der Waals surface area (Å²) in [6, 6.07) is 7.11. The number of fused-ring (bicyclic) bond motifs is 2. The highest BCUT2D eigenvalue weighted by molar-refractivity contribution is 6.10. The lowest BCUT2D eigenvalue weighted by Gasteiger charge is -2.31. The predicted octanol–water partition coefficient (Wildman–Crippen LogP) is 3.25. The maximum absolute atomic E-state index is 13.2. The maximum atomic E-state index is 13.2. The second-order valence-electron chi connectivity index (χ2n) is 9.66. The third-order valence-electron chi connectivity index (χ3n) is 7.50. The van der Waals surface area contributed by atoms with Crippen LogP contribution in [0.2, 0.25) is 0 Å². The van der Waals surface area contributed by atoms with E-state index in [4.69, 9.17) is 4.74 Å². The van der Waals surface area contributed by atoms with Crippen molar-refractivity contribution >= 4 is 29.1 Å². The van der Waals surface area contributed by atoms with Crippen molar-refractivity contribution in [1.82, 2.24) is 15.1 Å². The Kier molecular flexibility index (Phi) is 6.42. The van der Waals surface area contributed by atoms with Gasteiger partial charge in [0, 0.05) is 37.8 Å². The van der Waals surface area contributed by atoms with Crippen molar-refractivity contribution in [2.45, 2.75) is 50.4 Å². The van der Waals surface area contributed by atoms with E-state index in [1.165, 1.54) is 17.5 Å². The van der Waals surface area contributed by atoms with Gasteiger partial charge >= 0.3 is 0 Å². The molecule has 184 valence electrons. The molecule has 35 heavy (non-hydrogen) atoms. The number of aromatic nitrogens is 2. The Labute approximate surface area is 204 Å². The minimum atomic E-state index is -0.556. The summed E-state index contributed by atoms with van der Waals surface area (Å²) in [5, 5.41) is 12.7. The number of carbonyl (C=O) groups excluding carboxylic acids is 3. The molecule has 5 rings (SSSR count). The van der Waals surface area contributed by atoms with Crippen molar-refractivity contribution in [2.75, 3.05) is 23.8 Å². The fourth-order valence-corrected chi connectivity index (χ4v) is 5.44. The van der Waals surface area contributed by atoms with Gasteiger partial charge in [0.25, 0.3) is 11.8 Å². The second-order valence-corrected chi connectivity index (χ2v) is 9.66. The average Bonchev–Trinajstić information content (AvgIpc) is 3.58. The van der Waals surface area contributed by atoms with Gasteiger partial charge in [-0.15, -0.1) is 0 Å². The molecule has 3 heterocycles. The Morgan fingerprint density at radius 2 is 2.00 bits per heavy atom. The molecule has 0 unspecified atom stereocenters. The lowest BCUT2D eigenvalue weighted by Crippen LogP contribution is -2.39. The van der Waals surface area contributed by atoms with E-state index in [2.05, 4.69) is 21.0 Å². The average molecular weight is 478 g/mol. The molecule has 1 aromatic heterocycles. The summed E-state index contributed by atoms with van der Waals surface area (Å²) in [7, 11) is 1.68. The van der Waals surface area contributed by atoms with Crippen LogP contribution in [0, 0.1) is 5.92 Å². The van der Waals surface area contributed by atoms with E-state index in [0.29, 0.717) is 49.0 Å². The summed E-state index contributed by atoms with van der Waals surface area (Å²) in [5.41, 5.74) is 2.25. The van der Waals surface area contributed by atoms with Crippen molar-refractivity contribution in [3.8, 4) is 0 Å². The molecule has 1 spiro atoms. The van der Waals surface area contributed by atoms with E-state index in [0.717, 1.165) is 24.8 Å². The summed E-state index contributed by atoms with van der Waals surface area (Å²) in [5.74, 6) is -0.277. The fraction of sp³-hybridized carbons (Fsp3) is 0.462. The van der Waals surface area contributed by atoms with Crippen LogP contribution in [0.1, 0.15) is 61.0 Å². The zero-order valence-corrected chi connectivity index (χ0v) is 19.9. The molecule has 3 aliphatic rings. The molecule has 0 radical (unpaired) electrons. The summed E-state index contributed by atoms with van der Waals surface area (Å²) >= 11 is 0. The first-order valence-electron chi connectivity index (χ1n) is 12.3. The summed E-state index contributed by atoms with van der Waals surface area (Å²) in [4.78, 5) is 38.9. The van der Waals surface area contributed by atoms with Crippen LogP contribution in [-0.4, -0.2) is 40.7 Å². The zero-order valence-electron chi connectivity index (χ0n) is 19.9. The summed E-state index contributed by atoms with van der Waals surface area (Å²) in [6.07, 6.45) is 10.1. The van der Waals surface area contributed by atoms with E-state index in [1.54, 1.807) is 25.4 Å². The molecule has 0 bridgehead atoms. The van der Waals surface area contributed by atoms with Crippen molar-refractivity contribution in [1.29, 1.82) is 0 Å². The van der Waals surface area contributed by atoms with Crippen LogP contribution in [0.25, 0.3) is 0 Å². The van der Waals surface area contributed by atoms with E-state index in [-0.39, 0.29) is 17.5 Å². The summed E-state index contributed by atoms with van der Waals surface area (Å²) in [6.45, 7) is 1.10. The van der Waals surface area contributed by atoms with E-state index in [9.17, 15) is 14.4 Å². The maximum Gasteiger partial charge on any atom is 0.274 e. The topological polar surface area (TPSA) is 114 Å². The highest BCUT2D eigenvalue weighted by Crippen LogP contribution is 2.45. The van der Waals surface area contributed by atoms with Crippen LogP contribution >= 0.6 is 0 Å². The largest absolute Gasteiger partial charge is 0.381 e. The number of aryl methyl sites for hydroxylation is 1. The number of nitrogens with zero attached hydrogens (tertiary/aromatic N) is 2. The standard InChI is InChI=1S/C26H31N5O4/c1-31-22(10-13-27-31)24(33)29-20(9-6-17-4-2-3-5-17)23(32)28-18-7-8-19-21(16-18)30-25(34)26(19)11-14-35-15-12-26/h7-10,13,16-17H,2-6,11-12,14-15H2,1H3,(H,28,32)(H,29,33)(H,30,34). The number of amides is 3. The van der Waals surface area contributed by atoms with Crippen molar-refractivity contribution in [3.05, 3.63) is 53.5 Å². The lowest BCUT2D eigenvalue weighted by atomic mass is 9.75. The second kappa shape index (κ2) is 9.65. The van der Waals surface area contributed by atoms with Crippen LogP contribution in [-0.2, 0) is 26.8 Å². The molecule has 3 amide bonds. The highest BCUT2D eigenvalue weighted by Gasteiger charge is 2.47. The van der Waals surface area contributed by atoms with Gasteiger partial charge in [-0.05, 0) is 48.9 Å². The number of allylic oxidation sites excluding steroid dienone is 1. The Hall–Kier alpha value is -3.46. The molecule has 1 saturated heterocycles. The predicted molar refractivity (Wildman–Crippen MR) is 131 cm³/mol. The number of rotatable bonds is 6. The number of carbonyl (C=O) groups is 3. The molecule has 2 fully saturated rings. The Bertz CT molecular complexity index is 1170. The van der Waals surface area contributed by atoms with Gasteiger partial charge in [-0.1, -0.05) is 37.8 Å². The van der Waals surface area contributed by atoms with Crippen molar-refractivity contribution in [2.24, 2.45) is 13.0 Å². The molecular weight excluding hydrogens is 446 g/mol. The molecule has 2 aromatic rings. The van der Waals surface area contributed by atoms with Crippen molar-refractivity contribution in [3.63, 3.8) is 0 Å². The Morgan fingerprint density at radius 1 is 1.23 bits per heavy atom. The molecule has 1 saturated carbocycles. The molecule has 3 N–H and O–H groups in total. The zero-order chi connectivity index (χ0) is 24.4. The smallest absolute Gasteiger partial charge is 0.274 e. The monoisotopic (exact) mass is 477 g/mol. The van der Waals surface area contributed by atoms with Gasteiger partial charge in [0.15, 0.2) is 0 Å². The van der Waals surface area contributed by atoms with Crippen LogP contribution in [0.5, 0.6) is 0 Å². The van der Waals surface area contributed by atoms with Gasteiger partial charge in [0.1, 0.15) is 11.4 Å². The summed E-state index contributed by atoms with van der Waals surface area (Å²) < 4.78 is 6.93. The van der Waals surface area contributed by atoms with E-state index < -0.39 is 11.3 Å². The Morgan fingerprint density at radius 3 is 2.71 bits per heavy atom. The SMILES string of the molecule is Cn1nccc1C(=O)NC(=CCC1CCCC1)C(=O)Nc1ccc2c(c1)NC(=O)C21CCOCC1. The van der Waals surface area contributed by atoms with Crippen LogP contribution in [0.15, 0.2) is 42.2 Å². The normalized spacial score (nSPS) is 19.5. The van der Waals surface area contributed by atoms with Gasteiger partial charge < -0.3 is 20.7 Å². The van der Waals surface area contributed by atoms with Gasteiger partial charge in [-0.2, -0.15) is 5.10 Å². The molecule has 9 nitrogen and oxygen atoms in total. The van der Waals surface area contributed by atoms with Gasteiger partial charge in [-0.25, -0.2) is 0 Å². The molecular formula is C26H31N5O4. The van der Waals surface area contributed by atoms with Crippen LogP contribution in [0.3, 0.4) is 0 Å². The number of hydrogen-bond donors (Lipinski definition) is 3. The van der Waals surface area contributed by atoms with Crippen molar-refractivity contribution < 1.29 is 19.1 Å². The fourth-order valence-electron chi connectivity index (χ4n) is 5.44. The number of ether oxygens (including phenoxy) is 1. The first-order chi connectivity index (χ1) is 17.0. The van der Waals surface area contributed by atoms with Crippen LogP contribution in [0.4, 0.5) is 11.4 Å². The minimum absolute atomic E-state index is 0.0140. The molecule has 1 aromatic carbocycles. The first kappa shape index (κ1) is 23.3. The highest BCUT2D eigenvalue weighted by atomic mass is 16.5. The number of benzene rings is 1. The molecule has 9 heteroatoms.